The van der Waals surface area contributed by atoms with E-state index in [4.69, 9.17) is 4.74 Å². The van der Waals surface area contributed by atoms with Crippen LogP contribution in [-0.2, 0) is 4.74 Å². The van der Waals surface area contributed by atoms with Gasteiger partial charge in [-0.1, -0.05) is 0 Å². The molecule has 1 fully saturated rings. The summed E-state index contributed by atoms with van der Waals surface area (Å²) in [5, 5.41) is 20.4. The summed E-state index contributed by atoms with van der Waals surface area (Å²) in [6.45, 7) is 2.76. The van der Waals surface area contributed by atoms with E-state index in [1.807, 2.05) is 17.0 Å². The number of piperazine rings is 1. The van der Waals surface area contributed by atoms with Gasteiger partial charge < -0.3 is 19.6 Å². The number of phenolic OH excluding ortho intramolecular Hbond substituents is 1. The fourth-order valence-electron chi connectivity index (χ4n) is 3.06. The molecule has 8 nitrogen and oxygen atoms in total. The number of anilines is 2. The Bertz CT molecular complexity index is 814. The van der Waals surface area contributed by atoms with Crippen LogP contribution in [0.3, 0.4) is 0 Å². The highest BCUT2D eigenvalue weighted by molar-refractivity contribution is 5.96. The quantitative estimate of drug-likeness (QED) is 0.510. The molecule has 3 rings (SSSR count). The molecule has 0 aromatic heterocycles. The number of aromatic hydroxyl groups is 1. The number of nitro groups is 1. The summed E-state index contributed by atoms with van der Waals surface area (Å²) in [5.74, 6) is -0.370. The van der Waals surface area contributed by atoms with E-state index in [0.717, 1.165) is 18.8 Å². The largest absolute Gasteiger partial charge is 0.508 e. The highest BCUT2D eigenvalue weighted by Crippen LogP contribution is 2.28. The second-order valence-electron chi connectivity index (χ2n) is 5.94. The van der Waals surface area contributed by atoms with Crippen LogP contribution >= 0.6 is 0 Å². The van der Waals surface area contributed by atoms with Crippen LogP contribution < -0.4 is 9.80 Å². The van der Waals surface area contributed by atoms with Crippen molar-refractivity contribution < 1.29 is 19.6 Å². The minimum Gasteiger partial charge on any atom is -0.508 e. The molecular formula is C18H19N3O5. The summed E-state index contributed by atoms with van der Waals surface area (Å²) in [4.78, 5) is 26.7. The Balaban J connectivity index is 1.79. The molecule has 0 saturated carbocycles. The number of nitrogens with zero attached hydrogens (tertiary/aromatic N) is 3. The SMILES string of the molecule is COC(=O)c1cc([N+](=O)[O-])ccc1N1CCN(c2ccc(O)cc2)CC1. The average molecular weight is 357 g/mol. The number of hydrogen-bond acceptors (Lipinski definition) is 7. The van der Waals surface area contributed by atoms with Crippen LogP contribution in [0.4, 0.5) is 17.1 Å². The van der Waals surface area contributed by atoms with Crippen LogP contribution in [0.2, 0.25) is 0 Å². The lowest BCUT2D eigenvalue weighted by molar-refractivity contribution is -0.384. The summed E-state index contributed by atoms with van der Waals surface area (Å²) in [6.07, 6.45) is 0. The van der Waals surface area contributed by atoms with Gasteiger partial charge in [0.05, 0.1) is 23.3 Å². The Morgan fingerprint density at radius 2 is 1.69 bits per heavy atom. The Morgan fingerprint density at radius 3 is 2.27 bits per heavy atom. The molecule has 1 heterocycles. The van der Waals surface area contributed by atoms with Crippen LogP contribution in [0.5, 0.6) is 5.75 Å². The van der Waals surface area contributed by atoms with Gasteiger partial charge >= 0.3 is 5.97 Å². The van der Waals surface area contributed by atoms with Crippen molar-refractivity contribution in [3.8, 4) is 5.75 Å². The standard InChI is InChI=1S/C18H19N3O5/c1-26-18(23)16-12-14(21(24)25)4-7-17(16)20-10-8-19(9-11-20)13-2-5-15(22)6-3-13/h2-7,12,22H,8-11H2,1H3. The second kappa shape index (κ2) is 7.30. The number of methoxy groups -OCH3 is 1. The van der Waals surface area contributed by atoms with Crippen LogP contribution in [0, 0.1) is 10.1 Å². The highest BCUT2D eigenvalue weighted by Gasteiger charge is 2.24. The molecule has 1 saturated heterocycles. The Morgan fingerprint density at radius 1 is 1.08 bits per heavy atom. The van der Waals surface area contributed by atoms with Crippen molar-refractivity contribution >= 4 is 23.0 Å². The van der Waals surface area contributed by atoms with Crippen molar-refractivity contribution in [2.45, 2.75) is 0 Å². The molecule has 0 spiro atoms. The number of carbonyl (C=O) groups is 1. The summed E-state index contributed by atoms with van der Waals surface area (Å²) in [7, 11) is 1.26. The Hall–Kier alpha value is -3.29. The van der Waals surface area contributed by atoms with E-state index in [9.17, 15) is 20.0 Å². The first-order valence-corrected chi connectivity index (χ1v) is 8.15. The van der Waals surface area contributed by atoms with Crippen molar-refractivity contribution in [3.05, 3.63) is 58.1 Å². The summed E-state index contributed by atoms with van der Waals surface area (Å²) in [6, 6.07) is 11.3. The number of hydrogen-bond donors (Lipinski definition) is 1. The molecule has 8 heteroatoms. The minimum absolute atomic E-state index is 0.142. The van der Waals surface area contributed by atoms with Crippen LogP contribution in [-0.4, -0.2) is 49.3 Å². The molecule has 1 aliphatic rings. The molecule has 0 radical (unpaired) electrons. The average Bonchev–Trinajstić information content (AvgIpc) is 2.67. The van der Waals surface area contributed by atoms with Crippen molar-refractivity contribution in [2.24, 2.45) is 0 Å². The van der Waals surface area contributed by atoms with Crippen molar-refractivity contribution in [1.82, 2.24) is 0 Å². The predicted molar refractivity (Wildman–Crippen MR) is 97.0 cm³/mol. The first-order chi connectivity index (χ1) is 12.5. The number of esters is 1. The van der Waals surface area contributed by atoms with E-state index in [2.05, 4.69) is 4.90 Å². The van der Waals surface area contributed by atoms with E-state index in [1.165, 1.54) is 19.2 Å². The van der Waals surface area contributed by atoms with Crippen LogP contribution in [0.25, 0.3) is 0 Å². The van der Waals surface area contributed by atoms with Gasteiger partial charge in [0.15, 0.2) is 0 Å². The number of phenols is 1. The summed E-state index contributed by atoms with van der Waals surface area (Å²) >= 11 is 0. The molecule has 0 aliphatic carbocycles. The highest BCUT2D eigenvalue weighted by atomic mass is 16.6. The molecular weight excluding hydrogens is 338 g/mol. The fourth-order valence-corrected chi connectivity index (χ4v) is 3.06. The molecule has 1 N–H and O–H groups in total. The molecule has 2 aromatic carbocycles. The number of nitro benzene ring substituents is 1. The zero-order valence-corrected chi connectivity index (χ0v) is 14.3. The normalized spacial score (nSPS) is 14.2. The van der Waals surface area contributed by atoms with Gasteiger partial charge in [0, 0.05) is 44.0 Å². The lowest BCUT2D eigenvalue weighted by atomic mass is 10.1. The molecule has 2 aromatic rings. The summed E-state index contributed by atoms with van der Waals surface area (Å²) < 4.78 is 4.78. The number of rotatable bonds is 4. The topological polar surface area (TPSA) is 96.1 Å². The smallest absolute Gasteiger partial charge is 0.340 e. The van der Waals surface area contributed by atoms with Crippen molar-refractivity contribution in [2.75, 3.05) is 43.1 Å². The predicted octanol–water partition coefficient (Wildman–Crippen LogP) is 2.41. The Kier molecular flexibility index (Phi) is 4.92. The first kappa shape index (κ1) is 17.5. The zero-order valence-electron chi connectivity index (χ0n) is 14.3. The van der Waals surface area contributed by atoms with E-state index < -0.39 is 10.9 Å². The van der Waals surface area contributed by atoms with Gasteiger partial charge in [-0.25, -0.2) is 4.79 Å². The van der Waals surface area contributed by atoms with Gasteiger partial charge in [-0.3, -0.25) is 10.1 Å². The third kappa shape index (κ3) is 3.53. The van der Waals surface area contributed by atoms with Gasteiger partial charge in [0.1, 0.15) is 5.75 Å². The lowest BCUT2D eigenvalue weighted by Gasteiger charge is -2.37. The van der Waals surface area contributed by atoms with Gasteiger partial charge in [0.25, 0.3) is 5.69 Å². The van der Waals surface area contributed by atoms with E-state index in [1.54, 1.807) is 18.2 Å². The van der Waals surface area contributed by atoms with E-state index >= 15 is 0 Å². The van der Waals surface area contributed by atoms with Crippen LogP contribution in [0.15, 0.2) is 42.5 Å². The number of carbonyl (C=O) groups excluding carboxylic acids is 1. The monoisotopic (exact) mass is 357 g/mol. The third-order valence-corrected chi connectivity index (χ3v) is 4.43. The number of benzene rings is 2. The minimum atomic E-state index is -0.593. The molecule has 0 amide bonds. The fraction of sp³-hybridized carbons (Fsp3) is 0.278. The van der Waals surface area contributed by atoms with Gasteiger partial charge in [-0.15, -0.1) is 0 Å². The molecule has 26 heavy (non-hydrogen) atoms. The van der Waals surface area contributed by atoms with E-state index in [-0.39, 0.29) is 17.0 Å². The maximum absolute atomic E-state index is 12.1. The van der Waals surface area contributed by atoms with Gasteiger partial charge in [-0.05, 0) is 30.3 Å². The maximum atomic E-state index is 12.1. The van der Waals surface area contributed by atoms with Crippen molar-refractivity contribution in [3.63, 3.8) is 0 Å². The zero-order chi connectivity index (χ0) is 18.7. The van der Waals surface area contributed by atoms with E-state index in [0.29, 0.717) is 18.8 Å². The number of ether oxygens (including phenoxy) is 1. The molecule has 0 unspecified atom stereocenters. The Labute approximate surface area is 150 Å². The van der Waals surface area contributed by atoms with Crippen LogP contribution in [0.1, 0.15) is 10.4 Å². The maximum Gasteiger partial charge on any atom is 0.340 e. The number of non-ortho nitro benzene ring substituents is 1. The second-order valence-corrected chi connectivity index (χ2v) is 5.94. The first-order valence-electron chi connectivity index (χ1n) is 8.15. The van der Waals surface area contributed by atoms with Gasteiger partial charge in [-0.2, -0.15) is 0 Å². The molecule has 136 valence electrons. The lowest BCUT2D eigenvalue weighted by Crippen LogP contribution is -2.47. The molecule has 0 bridgehead atoms. The summed E-state index contributed by atoms with van der Waals surface area (Å²) in [5.41, 5.74) is 1.70. The molecule has 0 atom stereocenters. The third-order valence-electron chi connectivity index (χ3n) is 4.43. The molecule has 1 aliphatic heterocycles. The van der Waals surface area contributed by atoms with Crippen molar-refractivity contribution in [1.29, 1.82) is 0 Å². The van der Waals surface area contributed by atoms with Gasteiger partial charge in [0.2, 0.25) is 0 Å².